The molecule has 3 heterocycles. The molecule has 142 valence electrons. The molecule has 0 spiro atoms. The van der Waals surface area contributed by atoms with E-state index in [1.807, 2.05) is 47.3 Å². The molecule has 6 heteroatoms. The van der Waals surface area contributed by atoms with Gasteiger partial charge in [-0.2, -0.15) is 5.10 Å². The SMILES string of the molecule is CCCCc1ncc(CN2CCn3nc(C(O)c4ccccc4)cc3C2)[nH]1. The number of hydrogen-bond donors (Lipinski definition) is 2. The average molecular weight is 365 g/mol. The Bertz CT molecular complexity index is 870. The Morgan fingerprint density at radius 2 is 2.07 bits per heavy atom. The van der Waals surface area contributed by atoms with Gasteiger partial charge in [-0.1, -0.05) is 43.7 Å². The molecule has 1 unspecified atom stereocenters. The number of hydrogen-bond acceptors (Lipinski definition) is 4. The molecule has 1 aliphatic rings. The lowest BCUT2D eigenvalue weighted by Crippen LogP contribution is -2.33. The highest BCUT2D eigenvalue weighted by Gasteiger charge is 2.22. The van der Waals surface area contributed by atoms with E-state index in [1.54, 1.807) is 0 Å². The molecule has 0 saturated heterocycles. The zero-order chi connectivity index (χ0) is 18.6. The van der Waals surface area contributed by atoms with Crippen LogP contribution < -0.4 is 0 Å². The summed E-state index contributed by atoms with van der Waals surface area (Å²) in [6.07, 6.45) is 4.66. The highest BCUT2D eigenvalue weighted by atomic mass is 16.3. The Hall–Kier alpha value is -2.44. The maximum absolute atomic E-state index is 10.6. The minimum Gasteiger partial charge on any atom is -0.382 e. The van der Waals surface area contributed by atoms with Gasteiger partial charge in [-0.25, -0.2) is 4.98 Å². The molecule has 0 aliphatic carbocycles. The molecule has 0 saturated carbocycles. The zero-order valence-electron chi connectivity index (χ0n) is 15.8. The summed E-state index contributed by atoms with van der Waals surface area (Å²) in [7, 11) is 0. The Balaban J connectivity index is 1.41. The third kappa shape index (κ3) is 4.12. The van der Waals surface area contributed by atoms with Gasteiger partial charge >= 0.3 is 0 Å². The normalized spacial score (nSPS) is 15.6. The van der Waals surface area contributed by atoms with Crippen molar-refractivity contribution in [2.45, 2.75) is 51.9 Å². The average Bonchev–Trinajstić information content (AvgIpc) is 3.33. The number of rotatable bonds is 7. The van der Waals surface area contributed by atoms with E-state index in [0.29, 0.717) is 0 Å². The van der Waals surface area contributed by atoms with Crippen LogP contribution in [0.2, 0.25) is 0 Å². The maximum Gasteiger partial charge on any atom is 0.123 e. The van der Waals surface area contributed by atoms with E-state index in [-0.39, 0.29) is 0 Å². The number of aryl methyl sites for hydroxylation is 1. The number of aromatic amines is 1. The minimum absolute atomic E-state index is 0.675. The Labute approximate surface area is 159 Å². The van der Waals surface area contributed by atoms with E-state index < -0.39 is 6.10 Å². The highest BCUT2D eigenvalue weighted by molar-refractivity contribution is 5.27. The number of imidazole rings is 1. The second-order valence-corrected chi connectivity index (χ2v) is 7.27. The summed E-state index contributed by atoms with van der Waals surface area (Å²) in [6.45, 7) is 5.68. The van der Waals surface area contributed by atoms with Gasteiger partial charge in [0.15, 0.2) is 0 Å². The fourth-order valence-electron chi connectivity index (χ4n) is 3.62. The number of aliphatic hydroxyl groups excluding tert-OH is 1. The topological polar surface area (TPSA) is 70.0 Å². The van der Waals surface area contributed by atoms with Crippen LogP contribution in [0.3, 0.4) is 0 Å². The fourth-order valence-corrected chi connectivity index (χ4v) is 3.62. The van der Waals surface area contributed by atoms with E-state index in [1.165, 1.54) is 18.5 Å². The maximum atomic E-state index is 10.6. The molecule has 3 aromatic rings. The lowest BCUT2D eigenvalue weighted by atomic mass is 10.1. The van der Waals surface area contributed by atoms with Crippen molar-refractivity contribution in [1.29, 1.82) is 0 Å². The van der Waals surface area contributed by atoms with Gasteiger partial charge in [0.2, 0.25) is 0 Å². The highest BCUT2D eigenvalue weighted by Crippen LogP contribution is 2.24. The van der Waals surface area contributed by atoms with Crippen molar-refractivity contribution in [2.75, 3.05) is 6.54 Å². The van der Waals surface area contributed by atoms with Crippen molar-refractivity contribution < 1.29 is 5.11 Å². The molecule has 4 rings (SSSR count). The molecule has 0 amide bonds. The number of nitrogens with zero attached hydrogens (tertiary/aromatic N) is 4. The molecule has 0 fully saturated rings. The Kier molecular flexibility index (Phi) is 5.36. The minimum atomic E-state index is -0.675. The van der Waals surface area contributed by atoms with Crippen LogP contribution in [0.1, 0.15) is 54.3 Å². The molecule has 1 aromatic carbocycles. The van der Waals surface area contributed by atoms with Crippen molar-refractivity contribution in [3.8, 4) is 0 Å². The van der Waals surface area contributed by atoms with Gasteiger partial charge in [-0.05, 0) is 18.1 Å². The number of aromatic nitrogens is 4. The van der Waals surface area contributed by atoms with Crippen LogP contribution in [0.25, 0.3) is 0 Å². The molecule has 2 aromatic heterocycles. The van der Waals surface area contributed by atoms with Crippen molar-refractivity contribution in [2.24, 2.45) is 0 Å². The summed E-state index contributed by atoms with van der Waals surface area (Å²) in [6, 6.07) is 11.7. The van der Waals surface area contributed by atoms with E-state index in [4.69, 9.17) is 0 Å². The molecule has 1 aliphatic heterocycles. The smallest absolute Gasteiger partial charge is 0.123 e. The predicted molar refractivity (Wildman–Crippen MR) is 104 cm³/mol. The monoisotopic (exact) mass is 365 g/mol. The van der Waals surface area contributed by atoms with Crippen LogP contribution in [0.15, 0.2) is 42.6 Å². The fraction of sp³-hybridized carbons (Fsp3) is 0.429. The van der Waals surface area contributed by atoms with Gasteiger partial charge in [-0.3, -0.25) is 9.58 Å². The van der Waals surface area contributed by atoms with Gasteiger partial charge in [0, 0.05) is 37.9 Å². The number of H-pyrrole nitrogens is 1. The summed E-state index contributed by atoms with van der Waals surface area (Å²) < 4.78 is 2.03. The van der Waals surface area contributed by atoms with Crippen LogP contribution in [0, 0.1) is 0 Å². The second kappa shape index (κ2) is 8.06. The summed E-state index contributed by atoms with van der Waals surface area (Å²) in [4.78, 5) is 10.3. The first-order valence-corrected chi connectivity index (χ1v) is 9.77. The van der Waals surface area contributed by atoms with Crippen molar-refractivity contribution in [1.82, 2.24) is 24.6 Å². The number of aliphatic hydroxyl groups is 1. The lowest BCUT2D eigenvalue weighted by Gasteiger charge is -2.26. The predicted octanol–water partition coefficient (Wildman–Crippen LogP) is 3.05. The zero-order valence-corrected chi connectivity index (χ0v) is 15.8. The van der Waals surface area contributed by atoms with E-state index in [2.05, 4.69) is 26.9 Å². The summed E-state index contributed by atoms with van der Waals surface area (Å²) in [5.74, 6) is 1.09. The molecule has 6 nitrogen and oxygen atoms in total. The molecule has 27 heavy (non-hydrogen) atoms. The standard InChI is InChI=1S/C21H27N5O/c1-2-3-9-20-22-13-17(23-20)14-25-10-11-26-18(15-25)12-19(24-26)21(27)16-7-5-4-6-8-16/h4-8,12-13,21,27H,2-3,9-11,14-15H2,1H3,(H,22,23). The van der Waals surface area contributed by atoms with Gasteiger partial charge in [-0.15, -0.1) is 0 Å². The lowest BCUT2D eigenvalue weighted by molar-refractivity contribution is 0.199. The Morgan fingerprint density at radius 3 is 2.89 bits per heavy atom. The first-order chi connectivity index (χ1) is 13.2. The molecule has 2 N–H and O–H groups in total. The molecular weight excluding hydrogens is 338 g/mol. The van der Waals surface area contributed by atoms with Gasteiger partial charge < -0.3 is 10.1 Å². The van der Waals surface area contributed by atoms with E-state index in [0.717, 1.165) is 55.4 Å². The summed E-state index contributed by atoms with van der Waals surface area (Å²) >= 11 is 0. The molecule has 0 radical (unpaired) electrons. The Morgan fingerprint density at radius 1 is 1.22 bits per heavy atom. The first-order valence-electron chi connectivity index (χ1n) is 9.77. The van der Waals surface area contributed by atoms with Crippen LogP contribution in [-0.4, -0.2) is 36.3 Å². The summed E-state index contributed by atoms with van der Waals surface area (Å²) in [5, 5.41) is 15.2. The van der Waals surface area contributed by atoms with Crippen LogP contribution in [-0.2, 0) is 26.1 Å². The first kappa shape index (κ1) is 17.9. The number of nitrogens with one attached hydrogen (secondary N) is 1. The molecule has 1 atom stereocenters. The van der Waals surface area contributed by atoms with Gasteiger partial charge in [0.05, 0.1) is 17.9 Å². The van der Waals surface area contributed by atoms with Crippen LogP contribution >= 0.6 is 0 Å². The number of fused-ring (bicyclic) bond motifs is 1. The van der Waals surface area contributed by atoms with Gasteiger partial charge in [0.25, 0.3) is 0 Å². The van der Waals surface area contributed by atoms with E-state index >= 15 is 0 Å². The number of benzene rings is 1. The largest absolute Gasteiger partial charge is 0.382 e. The molecule has 0 bridgehead atoms. The third-order valence-corrected chi connectivity index (χ3v) is 5.13. The van der Waals surface area contributed by atoms with Crippen molar-refractivity contribution >= 4 is 0 Å². The second-order valence-electron chi connectivity index (χ2n) is 7.27. The van der Waals surface area contributed by atoms with Crippen molar-refractivity contribution in [3.63, 3.8) is 0 Å². The third-order valence-electron chi connectivity index (χ3n) is 5.13. The molecular formula is C21H27N5O. The quantitative estimate of drug-likeness (QED) is 0.675. The van der Waals surface area contributed by atoms with Crippen LogP contribution in [0.5, 0.6) is 0 Å². The van der Waals surface area contributed by atoms with Crippen molar-refractivity contribution in [3.05, 3.63) is 71.1 Å². The summed E-state index contributed by atoms with van der Waals surface area (Å²) in [5.41, 5.74) is 3.92. The number of unbranched alkanes of at least 4 members (excludes halogenated alkanes) is 1. The van der Waals surface area contributed by atoms with E-state index in [9.17, 15) is 5.11 Å². The van der Waals surface area contributed by atoms with Gasteiger partial charge in [0.1, 0.15) is 11.9 Å². The van der Waals surface area contributed by atoms with Crippen LogP contribution in [0.4, 0.5) is 0 Å².